The molecule has 6 nitrogen and oxygen atoms in total. The van der Waals surface area contributed by atoms with Crippen molar-refractivity contribution in [2.45, 2.75) is 13.5 Å². The van der Waals surface area contributed by atoms with Crippen LogP contribution in [0.3, 0.4) is 0 Å². The number of amides is 1. The Morgan fingerprint density at radius 2 is 2.29 bits per heavy atom. The van der Waals surface area contributed by atoms with Crippen molar-refractivity contribution in [2.75, 3.05) is 0 Å². The van der Waals surface area contributed by atoms with Crippen LogP contribution in [0.5, 0.6) is 0 Å². The summed E-state index contributed by atoms with van der Waals surface area (Å²) in [5, 5.41) is 6.74. The number of pyridine rings is 1. The van der Waals surface area contributed by atoms with Crippen molar-refractivity contribution in [1.82, 2.24) is 20.4 Å². The van der Waals surface area contributed by atoms with Gasteiger partial charge in [-0.15, -0.1) is 11.3 Å². The molecule has 0 unspecified atom stereocenters. The second kappa shape index (κ2) is 5.84. The number of nitrogens with zero attached hydrogens (tertiary/aromatic N) is 3. The molecule has 1 amide bonds. The van der Waals surface area contributed by atoms with Gasteiger partial charge < -0.3 is 9.84 Å². The van der Waals surface area contributed by atoms with E-state index in [2.05, 4.69) is 20.4 Å². The smallest absolute Gasteiger partial charge is 0.259 e. The molecular formula is C14H12N4O2S. The first kappa shape index (κ1) is 13.4. The van der Waals surface area contributed by atoms with E-state index in [-0.39, 0.29) is 5.91 Å². The molecular weight excluding hydrogens is 288 g/mol. The van der Waals surface area contributed by atoms with Gasteiger partial charge in [-0.2, -0.15) is 4.98 Å². The lowest BCUT2D eigenvalue weighted by atomic mass is 10.3. The molecule has 0 fully saturated rings. The van der Waals surface area contributed by atoms with Crippen LogP contribution in [0, 0.1) is 0 Å². The molecule has 3 aromatic heterocycles. The van der Waals surface area contributed by atoms with Crippen molar-refractivity contribution in [2.24, 2.45) is 0 Å². The molecule has 0 saturated heterocycles. The van der Waals surface area contributed by atoms with E-state index in [1.807, 2.05) is 24.3 Å². The molecule has 0 saturated carbocycles. The van der Waals surface area contributed by atoms with E-state index in [0.717, 1.165) is 15.3 Å². The lowest BCUT2D eigenvalue weighted by Crippen LogP contribution is -2.17. The van der Waals surface area contributed by atoms with Crippen LogP contribution in [-0.4, -0.2) is 21.0 Å². The van der Waals surface area contributed by atoms with Gasteiger partial charge in [0, 0.05) is 24.2 Å². The van der Waals surface area contributed by atoms with Gasteiger partial charge in [0.2, 0.25) is 11.7 Å². The minimum atomic E-state index is -0.0524. The van der Waals surface area contributed by atoms with Crippen molar-refractivity contribution >= 4 is 17.2 Å². The highest BCUT2D eigenvalue weighted by molar-refractivity contribution is 7.15. The van der Waals surface area contributed by atoms with E-state index in [1.54, 1.807) is 12.4 Å². The van der Waals surface area contributed by atoms with Gasteiger partial charge in [0.1, 0.15) is 0 Å². The highest BCUT2D eigenvalue weighted by Crippen LogP contribution is 2.27. The zero-order valence-electron chi connectivity index (χ0n) is 11.2. The summed E-state index contributed by atoms with van der Waals surface area (Å²) in [4.78, 5) is 21.2. The minimum absolute atomic E-state index is 0.0524. The summed E-state index contributed by atoms with van der Waals surface area (Å²) >= 11 is 1.52. The van der Waals surface area contributed by atoms with Crippen molar-refractivity contribution in [3.8, 4) is 22.2 Å². The van der Waals surface area contributed by atoms with E-state index < -0.39 is 0 Å². The van der Waals surface area contributed by atoms with Gasteiger partial charge in [-0.05, 0) is 24.3 Å². The highest BCUT2D eigenvalue weighted by Gasteiger charge is 2.12. The molecule has 7 heteroatoms. The largest absolute Gasteiger partial charge is 0.351 e. The Morgan fingerprint density at radius 1 is 1.38 bits per heavy atom. The Kier molecular flexibility index (Phi) is 3.74. The first-order valence-corrected chi connectivity index (χ1v) is 7.11. The number of rotatable bonds is 4. The molecule has 0 radical (unpaired) electrons. The zero-order chi connectivity index (χ0) is 14.7. The normalized spacial score (nSPS) is 10.5. The molecule has 1 N–H and O–H groups in total. The van der Waals surface area contributed by atoms with Crippen LogP contribution in [-0.2, 0) is 11.3 Å². The van der Waals surface area contributed by atoms with Crippen LogP contribution in [0.25, 0.3) is 22.2 Å². The fraction of sp³-hybridized carbons (Fsp3) is 0.143. The fourth-order valence-electron chi connectivity index (χ4n) is 1.73. The lowest BCUT2D eigenvalue weighted by Gasteiger charge is -1.96. The second-order valence-electron chi connectivity index (χ2n) is 4.34. The standard InChI is InChI=1S/C14H12N4O2S/c1-9(19)16-8-11-4-5-12(21-11)13-17-14(20-18-13)10-3-2-6-15-7-10/h2-7H,8H2,1H3,(H,16,19). The number of hydrogen-bond donors (Lipinski definition) is 1. The van der Waals surface area contributed by atoms with Gasteiger partial charge >= 0.3 is 0 Å². The molecule has 3 aromatic rings. The summed E-state index contributed by atoms with van der Waals surface area (Å²) in [5.41, 5.74) is 0.784. The summed E-state index contributed by atoms with van der Waals surface area (Å²) in [6, 6.07) is 7.53. The zero-order valence-corrected chi connectivity index (χ0v) is 12.1. The van der Waals surface area contributed by atoms with Crippen LogP contribution in [0.4, 0.5) is 0 Å². The molecule has 0 bridgehead atoms. The van der Waals surface area contributed by atoms with E-state index in [0.29, 0.717) is 18.3 Å². The summed E-state index contributed by atoms with van der Waals surface area (Å²) < 4.78 is 5.25. The summed E-state index contributed by atoms with van der Waals surface area (Å²) in [6.45, 7) is 2.00. The maximum absolute atomic E-state index is 10.9. The lowest BCUT2D eigenvalue weighted by molar-refractivity contribution is -0.119. The van der Waals surface area contributed by atoms with Crippen molar-refractivity contribution < 1.29 is 9.32 Å². The Labute approximate surface area is 124 Å². The maximum atomic E-state index is 10.9. The number of carbonyl (C=O) groups excluding carboxylic acids is 1. The SMILES string of the molecule is CC(=O)NCc1ccc(-c2noc(-c3cccnc3)n2)s1. The Balaban J connectivity index is 1.79. The van der Waals surface area contributed by atoms with Gasteiger partial charge in [-0.25, -0.2) is 0 Å². The number of carbonyl (C=O) groups is 1. The van der Waals surface area contributed by atoms with Crippen LogP contribution in [0.1, 0.15) is 11.8 Å². The molecule has 21 heavy (non-hydrogen) atoms. The molecule has 106 valence electrons. The summed E-state index contributed by atoms with van der Waals surface area (Å²) in [6.07, 6.45) is 3.36. The van der Waals surface area contributed by atoms with Gasteiger partial charge in [-0.1, -0.05) is 5.16 Å². The third-order valence-electron chi connectivity index (χ3n) is 2.73. The molecule has 3 heterocycles. The molecule has 0 aliphatic carbocycles. The first-order valence-electron chi connectivity index (χ1n) is 6.30. The second-order valence-corrected chi connectivity index (χ2v) is 5.51. The fourth-order valence-corrected chi connectivity index (χ4v) is 2.61. The van der Waals surface area contributed by atoms with Crippen molar-refractivity contribution in [3.05, 3.63) is 41.5 Å². The van der Waals surface area contributed by atoms with Crippen LogP contribution in [0.2, 0.25) is 0 Å². The monoisotopic (exact) mass is 300 g/mol. The molecule has 0 spiro atoms. The number of nitrogens with one attached hydrogen (secondary N) is 1. The summed E-state index contributed by atoms with van der Waals surface area (Å²) in [5.74, 6) is 0.922. The number of hydrogen-bond acceptors (Lipinski definition) is 6. The van der Waals surface area contributed by atoms with Crippen LogP contribution < -0.4 is 5.32 Å². The maximum Gasteiger partial charge on any atom is 0.259 e. The Morgan fingerprint density at radius 3 is 3.05 bits per heavy atom. The van der Waals surface area contributed by atoms with Crippen LogP contribution in [0.15, 0.2) is 41.2 Å². The third kappa shape index (κ3) is 3.14. The molecule has 0 atom stereocenters. The predicted octanol–water partition coefficient (Wildman–Crippen LogP) is 2.50. The number of aromatic nitrogens is 3. The van der Waals surface area contributed by atoms with E-state index in [9.17, 15) is 4.79 Å². The van der Waals surface area contributed by atoms with Gasteiger partial charge in [0.05, 0.1) is 17.0 Å². The van der Waals surface area contributed by atoms with E-state index in [1.165, 1.54) is 18.3 Å². The van der Waals surface area contributed by atoms with Crippen LogP contribution >= 0.6 is 11.3 Å². The van der Waals surface area contributed by atoms with Crippen molar-refractivity contribution in [1.29, 1.82) is 0 Å². The molecule has 0 aliphatic rings. The quantitative estimate of drug-likeness (QED) is 0.800. The Bertz CT molecular complexity index is 751. The number of thiophene rings is 1. The first-order chi connectivity index (χ1) is 10.2. The average Bonchev–Trinajstić information content (AvgIpc) is 3.15. The molecule has 0 aliphatic heterocycles. The topological polar surface area (TPSA) is 80.9 Å². The van der Waals surface area contributed by atoms with E-state index in [4.69, 9.17) is 4.52 Å². The summed E-state index contributed by atoms with van der Waals surface area (Å²) in [7, 11) is 0. The Hall–Kier alpha value is -2.54. The van der Waals surface area contributed by atoms with Gasteiger partial charge in [-0.3, -0.25) is 9.78 Å². The van der Waals surface area contributed by atoms with Crippen molar-refractivity contribution in [3.63, 3.8) is 0 Å². The average molecular weight is 300 g/mol. The van der Waals surface area contributed by atoms with Gasteiger partial charge in [0.15, 0.2) is 0 Å². The highest BCUT2D eigenvalue weighted by atomic mass is 32.1. The minimum Gasteiger partial charge on any atom is -0.351 e. The van der Waals surface area contributed by atoms with Gasteiger partial charge in [0.25, 0.3) is 5.89 Å². The molecule has 3 rings (SSSR count). The van der Waals surface area contributed by atoms with E-state index >= 15 is 0 Å². The molecule has 0 aromatic carbocycles. The predicted molar refractivity (Wildman–Crippen MR) is 78.4 cm³/mol. The third-order valence-corrected chi connectivity index (χ3v) is 3.81.